The Hall–Kier alpha value is -3.96. The molecule has 9 nitrogen and oxygen atoms in total. The molecule has 6 rings (SSSR count). The summed E-state index contributed by atoms with van der Waals surface area (Å²) in [5.41, 5.74) is 2.18. The van der Waals surface area contributed by atoms with Crippen LogP contribution in [0.25, 0.3) is 11.0 Å². The average molecular weight is 585 g/mol. The lowest BCUT2D eigenvalue weighted by atomic mass is 9.88. The van der Waals surface area contributed by atoms with E-state index in [0.717, 1.165) is 43.3 Å². The molecule has 2 aliphatic rings. The summed E-state index contributed by atoms with van der Waals surface area (Å²) >= 11 is 6.01. The molecular weight excluding hydrogens is 558 g/mol. The van der Waals surface area contributed by atoms with Crippen LogP contribution in [0.1, 0.15) is 53.1 Å². The van der Waals surface area contributed by atoms with Crippen molar-refractivity contribution in [2.45, 2.75) is 44.6 Å². The molecule has 4 heterocycles. The number of likely N-dealkylation sites (tertiary alicyclic amines) is 1. The molecule has 0 aliphatic carbocycles. The van der Waals surface area contributed by atoms with Crippen molar-refractivity contribution in [1.82, 2.24) is 19.4 Å². The number of fused-ring (bicyclic) bond motifs is 2. The van der Waals surface area contributed by atoms with Crippen molar-refractivity contribution in [1.29, 1.82) is 0 Å². The number of piperidine rings is 1. The summed E-state index contributed by atoms with van der Waals surface area (Å²) in [7, 11) is 1.74. The Labute approximate surface area is 239 Å². The summed E-state index contributed by atoms with van der Waals surface area (Å²) < 4.78 is 45.0. The van der Waals surface area contributed by atoms with Crippen LogP contribution in [0, 0.1) is 0 Å². The minimum Gasteiger partial charge on any atom is -0.478 e. The second-order valence-electron chi connectivity index (χ2n) is 10.3. The molecule has 4 aromatic rings. The van der Waals surface area contributed by atoms with Crippen LogP contribution in [0.3, 0.4) is 0 Å². The fraction of sp³-hybridized carbons (Fsp3) is 0.345. The molecule has 1 atom stereocenters. The number of benzene rings is 2. The molecule has 0 amide bonds. The quantitative estimate of drug-likeness (QED) is 0.285. The van der Waals surface area contributed by atoms with Crippen molar-refractivity contribution in [3.8, 4) is 17.2 Å². The Kier molecular flexibility index (Phi) is 6.95. The van der Waals surface area contributed by atoms with Crippen molar-refractivity contribution < 1.29 is 32.9 Å². The third-order valence-electron chi connectivity index (χ3n) is 7.70. The molecule has 214 valence electrons. The van der Waals surface area contributed by atoms with Gasteiger partial charge in [-0.1, -0.05) is 23.7 Å². The molecular formula is C29H27ClF2N4O5. The number of nitrogens with zero attached hydrogens (tertiary/aromatic N) is 4. The Morgan fingerprint density at radius 2 is 2.00 bits per heavy atom. The van der Waals surface area contributed by atoms with Crippen LogP contribution >= 0.6 is 11.6 Å². The van der Waals surface area contributed by atoms with Crippen LogP contribution in [0.2, 0.25) is 5.02 Å². The zero-order valence-corrected chi connectivity index (χ0v) is 23.1. The molecule has 1 N–H and O–H groups in total. The van der Waals surface area contributed by atoms with E-state index in [4.69, 9.17) is 21.1 Å². The highest BCUT2D eigenvalue weighted by molar-refractivity contribution is 6.30. The predicted octanol–water partition coefficient (Wildman–Crippen LogP) is 5.95. The van der Waals surface area contributed by atoms with Crippen LogP contribution < -0.4 is 14.2 Å². The number of carbonyl (C=O) groups is 1. The third-order valence-corrected chi connectivity index (χ3v) is 7.93. The highest BCUT2D eigenvalue weighted by Crippen LogP contribution is 2.49. The van der Waals surface area contributed by atoms with E-state index in [0.29, 0.717) is 34.4 Å². The number of para-hydroxylation sites is 1. The maximum Gasteiger partial charge on any atom is 0.387 e. The van der Waals surface area contributed by atoms with Gasteiger partial charge in [0.2, 0.25) is 0 Å². The number of hydrogen-bond acceptors (Lipinski definition) is 7. The monoisotopic (exact) mass is 584 g/mol. The fourth-order valence-corrected chi connectivity index (χ4v) is 5.69. The first-order chi connectivity index (χ1) is 19.6. The molecule has 1 fully saturated rings. The molecule has 0 saturated carbocycles. The largest absolute Gasteiger partial charge is 0.478 e. The molecule has 0 bridgehead atoms. The van der Waals surface area contributed by atoms with Crippen molar-refractivity contribution in [3.05, 3.63) is 76.3 Å². The average Bonchev–Trinajstić information content (AvgIpc) is 3.46. The molecule has 1 saturated heterocycles. The van der Waals surface area contributed by atoms with Crippen LogP contribution in [0.5, 0.6) is 17.2 Å². The summed E-state index contributed by atoms with van der Waals surface area (Å²) in [6, 6.07) is 12.0. The number of ether oxygens (including phenoxy) is 3. The lowest BCUT2D eigenvalue weighted by Crippen LogP contribution is -2.34. The Morgan fingerprint density at radius 3 is 2.68 bits per heavy atom. The van der Waals surface area contributed by atoms with Crippen LogP contribution in [0.15, 0.2) is 48.7 Å². The van der Waals surface area contributed by atoms with Crippen LogP contribution in [0.4, 0.5) is 8.78 Å². The SMILES string of the molecule is Cn1c(CN2CCC(c3cccc4c3O[C@@](C)(c3ccc(Cl)cn3)O4)CC2)nc2c(OC(F)F)cc(C(=O)O)cc21. The van der Waals surface area contributed by atoms with E-state index >= 15 is 0 Å². The number of rotatable bonds is 7. The van der Waals surface area contributed by atoms with Gasteiger partial charge in [0.15, 0.2) is 17.2 Å². The standard InChI is InChI=1S/C29H27ClF2N4O5/c1-29(23-7-6-18(30)14-33-23)40-21-5-3-4-19(26(21)41-29)16-8-10-36(11-9-16)15-24-34-25-20(35(24)2)12-17(27(37)38)13-22(25)39-28(31)32/h3-7,12-14,16,28H,8-11,15H2,1-2H3,(H,37,38)/t29-/m0/s1. The summed E-state index contributed by atoms with van der Waals surface area (Å²) in [6.45, 7) is 0.760. The minimum absolute atomic E-state index is 0.145. The van der Waals surface area contributed by atoms with E-state index in [9.17, 15) is 18.7 Å². The predicted molar refractivity (Wildman–Crippen MR) is 146 cm³/mol. The number of hydrogen-bond donors (Lipinski definition) is 1. The van der Waals surface area contributed by atoms with Crippen molar-refractivity contribution in [2.75, 3.05) is 13.1 Å². The summed E-state index contributed by atoms with van der Waals surface area (Å²) in [5, 5.41) is 9.96. The highest BCUT2D eigenvalue weighted by Gasteiger charge is 2.42. The highest BCUT2D eigenvalue weighted by atomic mass is 35.5. The molecule has 2 aromatic heterocycles. The van der Waals surface area contributed by atoms with Gasteiger partial charge in [0.1, 0.15) is 17.0 Å². The van der Waals surface area contributed by atoms with E-state index in [-0.39, 0.29) is 22.7 Å². The molecule has 2 aliphatic heterocycles. The molecule has 0 spiro atoms. The van der Waals surface area contributed by atoms with Gasteiger partial charge in [-0.25, -0.2) is 9.78 Å². The van der Waals surface area contributed by atoms with Crippen molar-refractivity contribution in [2.24, 2.45) is 7.05 Å². The first kappa shape index (κ1) is 27.2. The Bertz CT molecular complexity index is 1620. The van der Waals surface area contributed by atoms with Gasteiger partial charge in [-0.2, -0.15) is 8.78 Å². The summed E-state index contributed by atoms with van der Waals surface area (Å²) in [5.74, 6) is -0.276. The van der Waals surface area contributed by atoms with Gasteiger partial charge in [0.05, 0.1) is 22.6 Å². The summed E-state index contributed by atoms with van der Waals surface area (Å²) in [6.07, 6.45) is 3.29. The topological polar surface area (TPSA) is 98.9 Å². The maximum absolute atomic E-state index is 13.0. The van der Waals surface area contributed by atoms with Gasteiger partial charge in [-0.3, -0.25) is 9.88 Å². The van der Waals surface area contributed by atoms with Gasteiger partial charge in [-0.05, 0) is 62.2 Å². The smallest absolute Gasteiger partial charge is 0.387 e. The number of carboxylic acid groups (broad SMARTS) is 1. The first-order valence-corrected chi connectivity index (χ1v) is 13.5. The van der Waals surface area contributed by atoms with E-state index in [1.54, 1.807) is 29.9 Å². The lowest BCUT2D eigenvalue weighted by molar-refractivity contribution is -0.0722. The molecule has 0 unspecified atom stereocenters. The van der Waals surface area contributed by atoms with Crippen LogP contribution in [-0.4, -0.2) is 50.2 Å². The van der Waals surface area contributed by atoms with Gasteiger partial charge >= 0.3 is 12.6 Å². The second-order valence-corrected chi connectivity index (χ2v) is 10.8. The zero-order chi connectivity index (χ0) is 28.9. The molecule has 12 heteroatoms. The zero-order valence-electron chi connectivity index (χ0n) is 22.3. The second kappa shape index (κ2) is 10.5. The summed E-state index contributed by atoms with van der Waals surface area (Å²) in [4.78, 5) is 22.7. The number of aromatic nitrogens is 3. The maximum atomic E-state index is 13.0. The number of imidazole rings is 1. The van der Waals surface area contributed by atoms with Gasteiger partial charge in [0.25, 0.3) is 5.79 Å². The van der Waals surface area contributed by atoms with E-state index in [1.807, 2.05) is 19.1 Å². The molecule has 41 heavy (non-hydrogen) atoms. The lowest BCUT2D eigenvalue weighted by Gasteiger charge is -2.32. The molecule has 2 aromatic carbocycles. The normalized spacial score (nSPS) is 19.3. The van der Waals surface area contributed by atoms with Gasteiger partial charge in [-0.15, -0.1) is 0 Å². The number of halogens is 3. The molecule has 0 radical (unpaired) electrons. The Balaban J connectivity index is 1.18. The van der Waals surface area contributed by atoms with Gasteiger partial charge < -0.3 is 23.9 Å². The van der Waals surface area contributed by atoms with Crippen LogP contribution in [-0.2, 0) is 19.4 Å². The number of pyridine rings is 1. The number of aromatic carboxylic acids is 1. The first-order valence-electron chi connectivity index (χ1n) is 13.1. The third kappa shape index (κ3) is 5.15. The number of carboxylic acids is 1. The minimum atomic E-state index is -3.10. The number of aryl methyl sites for hydroxylation is 1. The van der Waals surface area contributed by atoms with E-state index in [1.165, 1.54) is 6.07 Å². The van der Waals surface area contributed by atoms with Gasteiger partial charge in [0, 0.05) is 25.7 Å². The fourth-order valence-electron chi connectivity index (χ4n) is 5.58. The van der Waals surface area contributed by atoms with E-state index < -0.39 is 18.4 Å². The number of alkyl halides is 2. The van der Waals surface area contributed by atoms with Crippen molar-refractivity contribution >= 4 is 28.6 Å². The van der Waals surface area contributed by atoms with E-state index in [2.05, 4.69) is 25.7 Å². The van der Waals surface area contributed by atoms with Crippen molar-refractivity contribution in [3.63, 3.8) is 0 Å². The Morgan fingerprint density at radius 1 is 1.22 bits per heavy atom.